The highest BCUT2D eigenvalue weighted by Gasteiger charge is 2.14. The van der Waals surface area contributed by atoms with Gasteiger partial charge in [-0.1, -0.05) is 6.92 Å². The quantitative estimate of drug-likeness (QED) is 0.560. The lowest BCUT2D eigenvalue weighted by atomic mass is 10.3. The van der Waals surface area contributed by atoms with Crippen LogP contribution in [0.25, 0.3) is 0 Å². The van der Waals surface area contributed by atoms with Gasteiger partial charge in [0.15, 0.2) is 0 Å². The van der Waals surface area contributed by atoms with E-state index in [1.807, 2.05) is 0 Å². The average Bonchev–Trinajstić information content (AvgIpc) is 2.41. The van der Waals surface area contributed by atoms with Crippen LogP contribution < -0.4 is 10.6 Å². The molecule has 0 aromatic carbocycles. The second-order valence-corrected chi connectivity index (χ2v) is 2.53. The first-order valence-electron chi connectivity index (χ1n) is 3.89. The van der Waals surface area contributed by atoms with E-state index in [0.29, 0.717) is 12.8 Å². The van der Waals surface area contributed by atoms with Gasteiger partial charge in [-0.2, -0.15) is 0 Å². The van der Waals surface area contributed by atoms with E-state index >= 15 is 0 Å². The zero-order valence-corrected chi connectivity index (χ0v) is 6.47. The molecule has 3 heteroatoms. The molecular weight excluding hydrogens is 128 g/mol. The van der Waals surface area contributed by atoms with Gasteiger partial charge >= 0.3 is 0 Å². The van der Waals surface area contributed by atoms with Crippen molar-refractivity contribution in [2.45, 2.75) is 19.4 Å². The summed E-state index contributed by atoms with van der Waals surface area (Å²) >= 11 is 0. The minimum Gasteiger partial charge on any atom is -0.359 e. The molecule has 1 heterocycles. The van der Waals surface area contributed by atoms with Crippen LogP contribution in [-0.4, -0.2) is 32.5 Å². The zero-order valence-electron chi connectivity index (χ0n) is 6.47. The molecule has 0 aromatic heterocycles. The Hall–Kier alpha value is -0.120. The van der Waals surface area contributed by atoms with Gasteiger partial charge in [0.25, 0.3) is 0 Å². The summed E-state index contributed by atoms with van der Waals surface area (Å²) in [4.78, 5) is 0. The molecule has 0 aromatic rings. The van der Waals surface area contributed by atoms with E-state index < -0.39 is 0 Å². The summed E-state index contributed by atoms with van der Waals surface area (Å²) in [5.74, 6) is 0. The third-order valence-corrected chi connectivity index (χ3v) is 1.53. The highest BCUT2D eigenvalue weighted by atomic mass is 16.5. The fraction of sp³-hybridized carbons (Fsp3) is 1.00. The van der Waals surface area contributed by atoms with Crippen LogP contribution in [0.1, 0.15) is 13.3 Å². The molecule has 1 radical (unpaired) electrons. The van der Waals surface area contributed by atoms with E-state index in [2.05, 4.69) is 17.6 Å². The Bertz CT molecular complexity index is 81.7. The molecule has 1 N–H and O–H groups in total. The molecule has 1 fully saturated rings. The van der Waals surface area contributed by atoms with Gasteiger partial charge in [0.05, 0.1) is 6.10 Å². The van der Waals surface area contributed by atoms with Gasteiger partial charge < -0.3 is 10.1 Å². The van der Waals surface area contributed by atoms with Crippen LogP contribution in [0.2, 0.25) is 0 Å². The SMILES string of the molecule is CCCNCC1C[N]CO1. The van der Waals surface area contributed by atoms with Crippen molar-refractivity contribution in [2.75, 3.05) is 26.4 Å². The van der Waals surface area contributed by atoms with Crippen LogP contribution in [0.4, 0.5) is 0 Å². The highest BCUT2D eigenvalue weighted by Crippen LogP contribution is 1.95. The average molecular weight is 143 g/mol. The lowest BCUT2D eigenvalue weighted by Crippen LogP contribution is -2.29. The third kappa shape index (κ3) is 2.64. The van der Waals surface area contributed by atoms with E-state index in [9.17, 15) is 0 Å². The summed E-state index contributed by atoms with van der Waals surface area (Å²) < 4.78 is 5.27. The van der Waals surface area contributed by atoms with Crippen LogP contribution in [0.3, 0.4) is 0 Å². The van der Waals surface area contributed by atoms with Gasteiger partial charge in [-0.3, -0.25) is 0 Å². The monoisotopic (exact) mass is 143 g/mol. The predicted molar refractivity (Wildman–Crippen MR) is 39.9 cm³/mol. The number of ether oxygens (including phenoxy) is 1. The molecule has 3 nitrogen and oxygen atoms in total. The predicted octanol–water partition coefficient (Wildman–Crippen LogP) is -0.0533. The molecule has 10 heavy (non-hydrogen) atoms. The van der Waals surface area contributed by atoms with Crippen molar-refractivity contribution < 1.29 is 4.74 Å². The van der Waals surface area contributed by atoms with Crippen molar-refractivity contribution in [3.63, 3.8) is 0 Å². The topological polar surface area (TPSA) is 35.4 Å². The van der Waals surface area contributed by atoms with Gasteiger partial charge in [-0.15, -0.1) is 0 Å². The minimum absolute atomic E-state index is 0.339. The molecule has 1 rings (SSSR count). The van der Waals surface area contributed by atoms with Gasteiger partial charge in [0, 0.05) is 13.1 Å². The van der Waals surface area contributed by atoms with Crippen molar-refractivity contribution in [2.24, 2.45) is 0 Å². The summed E-state index contributed by atoms with van der Waals surface area (Å²) in [6, 6.07) is 0. The van der Waals surface area contributed by atoms with Crippen LogP contribution in [0.15, 0.2) is 0 Å². The molecule has 1 atom stereocenters. The molecule has 0 saturated carbocycles. The van der Waals surface area contributed by atoms with Crippen molar-refractivity contribution >= 4 is 0 Å². The van der Waals surface area contributed by atoms with Gasteiger partial charge in [0.1, 0.15) is 6.73 Å². The van der Waals surface area contributed by atoms with E-state index in [4.69, 9.17) is 4.74 Å². The first kappa shape index (κ1) is 7.98. The second-order valence-electron chi connectivity index (χ2n) is 2.53. The molecule has 0 bridgehead atoms. The first-order chi connectivity index (χ1) is 4.93. The lowest BCUT2D eigenvalue weighted by molar-refractivity contribution is 0.112. The summed E-state index contributed by atoms with van der Waals surface area (Å²) in [5, 5.41) is 7.37. The van der Waals surface area contributed by atoms with Crippen molar-refractivity contribution in [1.29, 1.82) is 0 Å². The summed E-state index contributed by atoms with van der Waals surface area (Å²) in [5.41, 5.74) is 0. The number of rotatable bonds is 4. The Morgan fingerprint density at radius 1 is 1.70 bits per heavy atom. The normalized spacial score (nSPS) is 25.5. The van der Waals surface area contributed by atoms with Crippen LogP contribution in [0.5, 0.6) is 0 Å². The Kier molecular flexibility index (Phi) is 3.72. The molecular formula is C7H15N2O. The van der Waals surface area contributed by atoms with Gasteiger partial charge in [-0.05, 0) is 13.0 Å². The Balaban J connectivity index is 1.91. The lowest BCUT2D eigenvalue weighted by Gasteiger charge is -2.07. The number of hydrogen-bond acceptors (Lipinski definition) is 2. The van der Waals surface area contributed by atoms with Crippen LogP contribution in [0, 0.1) is 0 Å². The van der Waals surface area contributed by atoms with E-state index in [1.165, 1.54) is 6.42 Å². The van der Waals surface area contributed by atoms with Crippen molar-refractivity contribution in [3.05, 3.63) is 0 Å². The first-order valence-corrected chi connectivity index (χ1v) is 3.89. The molecule has 1 unspecified atom stereocenters. The highest BCUT2D eigenvalue weighted by molar-refractivity contribution is 4.67. The Morgan fingerprint density at radius 3 is 3.20 bits per heavy atom. The maximum Gasteiger partial charge on any atom is 0.113 e. The van der Waals surface area contributed by atoms with Crippen LogP contribution >= 0.6 is 0 Å². The maximum atomic E-state index is 5.27. The maximum absolute atomic E-state index is 5.27. The van der Waals surface area contributed by atoms with Gasteiger partial charge in [0.2, 0.25) is 0 Å². The number of hydrogen-bond donors (Lipinski definition) is 1. The fourth-order valence-corrected chi connectivity index (χ4v) is 0.971. The smallest absolute Gasteiger partial charge is 0.113 e. The Morgan fingerprint density at radius 2 is 2.60 bits per heavy atom. The molecule has 59 valence electrons. The summed E-state index contributed by atoms with van der Waals surface area (Å²) in [7, 11) is 0. The molecule has 1 saturated heterocycles. The van der Waals surface area contributed by atoms with Crippen LogP contribution in [-0.2, 0) is 4.74 Å². The largest absolute Gasteiger partial charge is 0.359 e. The molecule has 0 spiro atoms. The molecule has 1 aliphatic rings. The third-order valence-electron chi connectivity index (χ3n) is 1.53. The number of nitrogens with zero attached hydrogens (tertiary/aromatic N) is 1. The van der Waals surface area contributed by atoms with Crippen molar-refractivity contribution in [1.82, 2.24) is 10.6 Å². The molecule has 0 amide bonds. The van der Waals surface area contributed by atoms with E-state index in [0.717, 1.165) is 19.6 Å². The molecule has 1 aliphatic heterocycles. The molecule has 0 aliphatic carbocycles. The fourth-order valence-electron chi connectivity index (χ4n) is 0.971. The van der Waals surface area contributed by atoms with Gasteiger partial charge in [-0.25, -0.2) is 5.32 Å². The Labute approximate surface area is 62.1 Å². The number of nitrogens with one attached hydrogen (secondary N) is 1. The zero-order chi connectivity index (χ0) is 7.23. The summed E-state index contributed by atoms with van der Waals surface area (Å²) in [6.07, 6.45) is 1.52. The second kappa shape index (κ2) is 4.66. The van der Waals surface area contributed by atoms with E-state index in [1.54, 1.807) is 0 Å². The minimum atomic E-state index is 0.339. The standard InChI is InChI=1S/C7H15N2O/c1-2-3-8-4-7-5-9-6-10-7/h7-8H,2-6H2,1H3. The van der Waals surface area contributed by atoms with E-state index in [-0.39, 0.29) is 0 Å². The summed E-state index contributed by atoms with van der Waals surface area (Å²) in [6.45, 7) is 5.67. The van der Waals surface area contributed by atoms with Crippen molar-refractivity contribution in [3.8, 4) is 0 Å².